The number of nitrogens with zero attached hydrogens (tertiary/aromatic N) is 6. The van der Waals surface area contributed by atoms with Gasteiger partial charge in [0.05, 0.1) is 24.0 Å². The summed E-state index contributed by atoms with van der Waals surface area (Å²) in [5, 5.41) is 4.21. The third kappa shape index (κ3) is 3.48. The fraction of sp³-hybridized carbons (Fsp3) is 0.476. The van der Waals surface area contributed by atoms with Crippen LogP contribution in [0.3, 0.4) is 0 Å². The summed E-state index contributed by atoms with van der Waals surface area (Å²) in [6.45, 7) is 2.20. The van der Waals surface area contributed by atoms with Crippen molar-refractivity contribution in [2.75, 3.05) is 57.1 Å². The normalized spacial score (nSPS) is 22.6. The molecule has 1 spiro atoms. The number of aryl methyl sites for hydroxylation is 1. The molecule has 8 nitrogen and oxygen atoms in total. The van der Waals surface area contributed by atoms with E-state index < -0.39 is 0 Å². The second-order valence-electron chi connectivity index (χ2n) is 8.35. The van der Waals surface area contributed by atoms with Crippen molar-refractivity contribution in [3.05, 3.63) is 42.2 Å². The zero-order valence-corrected chi connectivity index (χ0v) is 17.5. The molecule has 1 atom stereocenters. The van der Waals surface area contributed by atoms with Crippen LogP contribution < -0.4 is 9.80 Å². The molecule has 29 heavy (non-hydrogen) atoms. The summed E-state index contributed by atoms with van der Waals surface area (Å²) in [7, 11) is 7.77. The number of benzene rings is 1. The molecule has 1 aromatic carbocycles. The zero-order chi connectivity index (χ0) is 20.8. The lowest BCUT2D eigenvalue weighted by Gasteiger charge is -2.46. The first-order chi connectivity index (χ1) is 13.8. The van der Waals surface area contributed by atoms with E-state index in [0.29, 0.717) is 31.7 Å². The van der Waals surface area contributed by atoms with Crippen molar-refractivity contribution in [2.45, 2.75) is 12.0 Å². The van der Waals surface area contributed by atoms with E-state index in [1.807, 2.05) is 73.4 Å². The molecule has 0 saturated carbocycles. The molecule has 0 N–H and O–H groups in total. The van der Waals surface area contributed by atoms with Crippen molar-refractivity contribution < 1.29 is 9.59 Å². The summed E-state index contributed by atoms with van der Waals surface area (Å²) in [6.07, 6.45) is 4.43. The SMILES string of the molecule is CN(C)c1cccc(C(=O)N2CCC3(C2)CN(c2cnn(C)c2)C(=O)CN3C)c1. The fourth-order valence-electron chi connectivity index (χ4n) is 4.31. The van der Waals surface area contributed by atoms with Crippen LogP contribution in [0.2, 0.25) is 0 Å². The minimum Gasteiger partial charge on any atom is -0.378 e. The molecule has 2 aromatic rings. The van der Waals surface area contributed by atoms with E-state index >= 15 is 0 Å². The van der Waals surface area contributed by atoms with E-state index in [4.69, 9.17) is 0 Å². The minimum atomic E-state index is -0.238. The van der Waals surface area contributed by atoms with Gasteiger partial charge < -0.3 is 14.7 Å². The second-order valence-corrected chi connectivity index (χ2v) is 8.35. The standard InChI is InChI=1S/C21H28N6O2/c1-23(2)17-7-5-6-16(10-17)20(29)26-9-8-21(14-26)15-27(19(28)13-24(21)3)18-11-22-25(4)12-18/h5-7,10-12H,8-9,13-15H2,1-4H3. The highest BCUT2D eigenvalue weighted by Gasteiger charge is 2.48. The molecule has 2 aliphatic heterocycles. The van der Waals surface area contributed by atoms with Crippen molar-refractivity contribution in [3.8, 4) is 0 Å². The highest BCUT2D eigenvalue weighted by molar-refractivity contribution is 5.97. The van der Waals surface area contributed by atoms with Crippen LogP contribution in [-0.2, 0) is 11.8 Å². The number of rotatable bonds is 3. The first kappa shape index (κ1) is 19.4. The number of hydrogen-bond acceptors (Lipinski definition) is 5. The Morgan fingerprint density at radius 2 is 2.00 bits per heavy atom. The lowest BCUT2D eigenvalue weighted by atomic mass is 9.93. The first-order valence-corrected chi connectivity index (χ1v) is 9.86. The van der Waals surface area contributed by atoms with Gasteiger partial charge in [0.1, 0.15) is 0 Å². The van der Waals surface area contributed by atoms with Gasteiger partial charge in [-0.15, -0.1) is 0 Å². The minimum absolute atomic E-state index is 0.0452. The Labute approximate surface area is 171 Å². The summed E-state index contributed by atoms with van der Waals surface area (Å²) in [6, 6.07) is 7.72. The van der Waals surface area contributed by atoms with Gasteiger partial charge in [-0.1, -0.05) is 6.07 Å². The third-order valence-electron chi connectivity index (χ3n) is 6.17. The Bertz CT molecular complexity index is 939. The summed E-state index contributed by atoms with van der Waals surface area (Å²) in [5.41, 5.74) is 2.28. The lowest BCUT2D eigenvalue weighted by Crippen LogP contribution is -2.64. The summed E-state index contributed by atoms with van der Waals surface area (Å²) in [4.78, 5) is 33.7. The van der Waals surface area contributed by atoms with Crippen LogP contribution in [0.4, 0.5) is 11.4 Å². The van der Waals surface area contributed by atoms with Crippen molar-refractivity contribution in [1.29, 1.82) is 0 Å². The molecule has 1 unspecified atom stereocenters. The van der Waals surface area contributed by atoms with Crippen LogP contribution in [0.15, 0.2) is 36.7 Å². The molecule has 2 aliphatic rings. The van der Waals surface area contributed by atoms with E-state index in [9.17, 15) is 9.59 Å². The molecule has 4 rings (SSSR count). The fourth-order valence-corrected chi connectivity index (χ4v) is 4.31. The summed E-state index contributed by atoms with van der Waals surface area (Å²) < 4.78 is 1.70. The van der Waals surface area contributed by atoms with Crippen molar-refractivity contribution >= 4 is 23.2 Å². The summed E-state index contributed by atoms with van der Waals surface area (Å²) in [5.74, 6) is 0.110. The number of carbonyl (C=O) groups is 2. The molecular weight excluding hydrogens is 368 g/mol. The molecule has 2 saturated heterocycles. The van der Waals surface area contributed by atoms with Gasteiger partial charge in [-0.3, -0.25) is 19.2 Å². The molecule has 0 aliphatic carbocycles. The predicted octanol–water partition coefficient (Wildman–Crippen LogP) is 1.05. The Balaban J connectivity index is 1.54. The predicted molar refractivity (Wildman–Crippen MR) is 112 cm³/mol. The van der Waals surface area contributed by atoms with Gasteiger partial charge in [-0.25, -0.2) is 0 Å². The molecule has 1 aromatic heterocycles. The van der Waals surface area contributed by atoms with E-state index in [2.05, 4.69) is 10.00 Å². The molecule has 154 valence electrons. The molecule has 2 fully saturated rings. The number of likely N-dealkylation sites (tertiary alicyclic amines) is 1. The Hall–Kier alpha value is -2.87. The maximum atomic E-state index is 13.2. The van der Waals surface area contributed by atoms with Crippen molar-refractivity contribution in [2.24, 2.45) is 7.05 Å². The van der Waals surface area contributed by atoms with Gasteiger partial charge in [-0.05, 0) is 31.7 Å². The van der Waals surface area contributed by atoms with Crippen LogP contribution in [0, 0.1) is 0 Å². The lowest BCUT2D eigenvalue weighted by molar-refractivity contribution is -0.123. The van der Waals surface area contributed by atoms with Gasteiger partial charge >= 0.3 is 0 Å². The maximum Gasteiger partial charge on any atom is 0.253 e. The largest absolute Gasteiger partial charge is 0.378 e. The second kappa shape index (κ2) is 7.18. The van der Waals surface area contributed by atoms with Gasteiger partial charge in [0.25, 0.3) is 5.91 Å². The van der Waals surface area contributed by atoms with Crippen LogP contribution in [0.5, 0.6) is 0 Å². The van der Waals surface area contributed by atoms with Gasteiger partial charge in [0, 0.05) is 58.2 Å². The zero-order valence-electron chi connectivity index (χ0n) is 17.5. The van der Waals surface area contributed by atoms with E-state index in [1.165, 1.54) is 0 Å². The number of anilines is 2. The number of carbonyl (C=O) groups excluding carboxylic acids is 2. The highest BCUT2D eigenvalue weighted by Crippen LogP contribution is 2.34. The Kier molecular flexibility index (Phi) is 4.82. The highest BCUT2D eigenvalue weighted by atomic mass is 16.2. The number of likely N-dealkylation sites (N-methyl/N-ethyl adjacent to an activating group) is 1. The van der Waals surface area contributed by atoms with Crippen molar-refractivity contribution in [1.82, 2.24) is 19.6 Å². The van der Waals surface area contributed by atoms with Crippen LogP contribution in [-0.4, -0.2) is 84.3 Å². The summed E-state index contributed by atoms with van der Waals surface area (Å²) >= 11 is 0. The van der Waals surface area contributed by atoms with Gasteiger partial charge in [0.2, 0.25) is 5.91 Å². The van der Waals surface area contributed by atoms with Gasteiger partial charge in [0.15, 0.2) is 0 Å². The molecule has 0 radical (unpaired) electrons. The van der Waals surface area contributed by atoms with E-state index in [1.54, 1.807) is 10.9 Å². The molecule has 8 heteroatoms. The van der Waals surface area contributed by atoms with Gasteiger partial charge in [-0.2, -0.15) is 5.10 Å². The first-order valence-electron chi connectivity index (χ1n) is 9.86. The average molecular weight is 396 g/mol. The van der Waals surface area contributed by atoms with Crippen molar-refractivity contribution in [3.63, 3.8) is 0 Å². The van der Waals surface area contributed by atoms with Crippen LogP contribution in [0.1, 0.15) is 16.8 Å². The number of amides is 2. The molecule has 3 heterocycles. The quantitative estimate of drug-likeness (QED) is 0.776. The average Bonchev–Trinajstić information content (AvgIpc) is 3.32. The number of aromatic nitrogens is 2. The molecular formula is C21H28N6O2. The molecule has 0 bridgehead atoms. The maximum absolute atomic E-state index is 13.2. The monoisotopic (exact) mass is 396 g/mol. The Morgan fingerprint density at radius 1 is 1.21 bits per heavy atom. The van der Waals surface area contributed by atoms with E-state index in [-0.39, 0.29) is 17.4 Å². The molecule has 2 amide bonds. The van der Waals surface area contributed by atoms with Crippen LogP contribution >= 0.6 is 0 Å². The van der Waals surface area contributed by atoms with E-state index in [0.717, 1.165) is 17.8 Å². The van der Waals surface area contributed by atoms with Crippen LogP contribution in [0.25, 0.3) is 0 Å². The smallest absolute Gasteiger partial charge is 0.253 e. The topological polar surface area (TPSA) is 64.9 Å². The number of piperazine rings is 1. The Morgan fingerprint density at radius 3 is 2.69 bits per heavy atom. The number of hydrogen-bond donors (Lipinski definition) is 0. The third-order valence-corrected chi connectivity index (χ3v) is 6.17.